The highest BCUT2D eigenvalue weighted by atomic mass is 32.2. The van der Waals surface area contributed by atoms with Crippen LogP contribution in [0.5, 0.6) is 0 Å². The Morgan fingerprint density at radius 2 is 1.83 bits per heavy atom. The predicted molar refractivity (Wildman–Crippen MR) is 117 cm³/mol. The molecule has 166 valence electrons. The zero-order valence-electron chi connectivity index (χ0n) is 18.0. The molecular formula is C22H38N2O4S. The van der Waals surface area contributed by atoms with Crippen LogP contribution >= 0.6 is 11.8 Å². The van der Waals surface area contributed by atoms with Gasteiger partial charge >= 0.3 is 5.97 Å². The van der Waals surface area contributed by atoms with Gasteiger partial charge in [0.05, 0.1) is 0 Å². The number of hydrogen-bond acceptors (Lipinski definition) is 4. The third-order valence-electron chi connectivity index (χ3n) is 6.06. The smallest absolute Gasteiger partial charge is 0.327 e. The van der Waals surface area contributed by atoms with E-state index in [9.17, 15) is 19.5 Å². The third-order valence-corrected chi connectivity index (χ3v) is 7.25. The lowest BCUT2D eigenvalue weighted by Crippen LogP contribution is -2.43. The predicted octanol–water partition coefficient (Wildman–Crippen LogP) is 3.69. The second kappa shape index (κ2) is 12.5. The lowest BCUT2D eigenvalue weighted by atomic mass is 9.86. The maximum atomic E-state index is 12.8. The van der Waals surface area contributed by atoms with Gasteiger partial charge in [-0.2, -0.15) is 11.8 Å². The van der Waals surface area contributed by atoms with E-state index in [2.05, 4.69) is 5.32 Å². The normalized spacial score (nSPS) is 21.3. The van der Waals surface area contributed by atoms with E-state index in [-0.39, 0.29) is 17.9 Å². The van der Waals surface area contributed by atoms with Crippen LogP contribution in [0.25, 0.3) is 0 Å². The van der Waals surface area contributed by atoms with Crippen molar-refractivity contribution in [1.82, 2.24) is 10.2 Å². The van der Waals surface area contributed by atoms with E-state index >= 15 is 0 Å². The highest BCUT2D eigenvalue weighted by Crippen LogP contribution is 2.29. The largest absolute Gasteiger partial charge is 0.480 e. The van der Waals surface area contributed by atoms with Crippen LogP contribution in [-0.2, 0) is 14.4 Å². The Labute approximate surface area is 179 Å². The lowest BCUT2D eigenvalue weighted by molar-refractivity contribution is -0.141. The number of likely N-dealkylation sites (tertiary alicyclic amines) is 1. The van der Waals surface area contributed by atoms with E-state index in [4.69, 9.17) is 0 Å². The van der Waals surface area contributed by atoms with Gasteiger partial charge in [-0.15, -0.1) is 0 Å². The maximum Gasteiger partial charge on any atom is 0.327 e. The fraction of sp³-hybridized carbons (Fsp3) is 0.864. The molecule has 0 spiro atoms. The highest BCUT2D eigenvalue weighted by Gasteiger charge is 2.31. The van der Waals surface area contributed by atoms with E-state index in [1.807, 2.05) is 18.7 Å². The van der Waals surface area contributed by atoms with Crippen LogP contribution in [0.4, 0.5) is 0 Å². The summed E-state index contributed by atoms with van der Waals surface area (Å²) >= 11 is 1.53. The molecule has 29 heavy (non-hydrogen) atoms. The molecule has 1 aliphatic carbocycles. The number of nitrogens with zero attached hydrogens (tertiary/aromatic N) is 1. The van der Waals surface area contributed by atoms with Crippen LogP contribution in [0.15, 0.2) is 0 Å². The molecule has 1 heterocycles. The van der Waals surface area contributed by atoms with E-state index in [1.54, 1.807) is 0 Å². The molecule has 0 radical (unpaired) electrons. The van der Waals surface area contributed by atoms with Crippen LogP contribution < -0.4 is 5.32 Å². The molecule has 0 aromatic carbocycles. The van der Waals surface area contributed by atoms with Crippen molar-refractivity contribution in [1.29, 1.82) is 0 Å². The van der Waals surface area contributed by atoms with Crippen molar-refractivity contribution in [2.45, 2.75) is 90.1 Å². The van der Waals surface area contributed by atoms with Gasteiger partial charge in [0.1, 0.15) is 6.04 Å². The molecular weight excluding hydrogens is 388 g/mol. The van der Waals surface area contributed by atoms with E-state index in [0.29, 0.717) is 30.4 Å². The Morgan fingerprint density at radius 3 is 2.48 bits per heavy atom. The van der Waals surface area contributed by atoms with Crippen molar-refractivity contribution < 1.29 is 19.5 Å². The molecule has 2 amide bonds. The average Bonchev–Trinajstić information content (AvgIpc) is 3.15. The molecule has 2 fully saturated rings. The number of hydrogen-bond donors (Lipinski definition) is 2. The van der Waals surface area contributed by atoms with Crippen LogP contribution in [-0.4, -0.2) is 57.9 Å². The molecule has 0 aromatic heterocycles. The van der Waals surface area contributed by atoms with Gasteiger partial charge in [-0.05, 0) is 43.9 Å². The van der Waals surface area contributed by atoms with Gasteiger partial charge in [0.15, 0.2) is 0 Å². The molecule has 1 aliphatic heterocycles. The Balaban J connectivity index is 1.75. The quantitative estimate of drug-likeness (QED) is 0.526. The fourth-order valence-electron chi connectivity index (χ4n) is 4.28. The first-order chi connectivity index (χ1) is 13.9. The summed E-state index contributed by atoms with van der Waals surface area (Å²) in [4.78, 5) is 38.3. The minimum atomic E-state index is -0.993. The van der Waals surface area contributed by atoms with E-state index < -0.39 is 12.0 Å². The van der Waals surface area contributed by atoms with Gasteiger partial charge in [0.25, 0.3) is 0 Å². The number of carboxylic acids is 1. The number of carboxylic acid groups (broad SMARTS) is 1. The molecule has 0 aromatic rings. The second-order valence-corrected chi connectivity index (χ2v) is 10.1. The summed E-state index contributed by atoms with van der Waals surface area (Å²) in [5, 5.41) is 12.1. The summed E-state index contributed by atoms with van der Waals surface area (Å²) in [5.74, 6) is 1.12. The van der Waals surface area contributed by atoms with Crippen molar-refractivity contribution in [2.24, 2.45) is 11.8 Å². The molecule has 2 aliphatic rings. The van der Waals surface area contributed by atoms with Crippen LogP contribution in [0.1, 0.15) is 78.1 Å². The van der Waals surface area contributed by atoms with Crippen molar-refractivity contribution >= 4 is 29.5 Å². The van der Waals surface area contributed by atoms with Crippen molar-refractivity contribution in [3.05, 3.63) is 0 Å². The second-order valence-electron chi connectivity index (χ2n) is 9.02. The summed E-state index contributed by atoms with van der Waals surface area (Å²) in [5.41, 5.74) is 0. The van der Waals surface area contributed by atoms with Crippen molar-refractivity contribution in [3.63, 3.8) is 0 Å². The van der Waals surface area contributed by atoms with Crippen LogP contribution in [0.3, 0.4) is 0 Å². The van der Waals surface area contributed by atoms with Gasteiger partial charge in [0.2, 0.25) is 11.8 Å². The summed E-state index contributed by atoms with van der Waals surface area (Å²) in [7, 11) is 0. The number of nitrogens with one attached hydrogen (secondary N) is 1. The van der Waals surface area contributed by atoms with Gasteiger partial charge in [0, 0.05) is 36.9 Å². The molecule has 2 N–H and O–H groups in total. The third kappa shape index (κ3) is 8.57. The Morgan fingerprint density at radius 1 is 1.10 bits per heavy atom. The van der Waals surface area contributed by atoms with Crippen LogP contribution in [0.2, 0.25) is 0 Å². The van der Waals surface area contributed by atoms with Crippen molar-refractivity contribution in [2.75, 3.05) is 18.1 Å². The molecule has 0 bridgehead atoms. The topological polar surface area (TPSA) is 86.7 Å². The van der Waals surface area contributed by atoms with Crippen LogP contribution in [0, 0.1) is 11.8 Å². The molecule has 6 nitrogen and oxygen atoms in total. The van der Waals surface area contributed by atoms with E-state index in [1.165, 1.54) is 43.9 Å². The SMILES string of the molecule is CC(C)CCC(=O)N[C@@H](CSC[C@H]1CCCN1C(=O)CC1CCCCC1)C(=O)O. The fourth-order valence-corrected chi connectivity index (χ4v) is 5.49. The molecule has 2 rings (SSSR count). The van der Waals surface area contributed by atoms with Gasteiger partial charge < -0.3 is 15.3 Å². The summed E-state index contributed by atoms with van der Waals surface area (Å²) < 4.78 is 0. The summed E-state index contributed by atoms with van der Waals surface area (Å²) in [6.07, 6.45) is 9.94. The molecule has 0 unspecified atom stereocenters. The number of rotatable bonds is 11. The first-order valence-electron chi connectivity index (χ1n) is 11.3. The molecule has 2 atom stereocenters. The first-order valence-corrected chi connectivity index (χ1v) is 12.4. The summed E-state index contributed by atoms with van der Waals surface area (Å²) in [6.45, 7) is 4.91. The summed E-state index contributed by atoms with van der Waals surface area (Å²) in [6, 6.07) is -0.672. The Bertz CT molecular complexity index is 549. The number of carbonyl (C=O) groups excluding carboxylic acids is 2. The lowest BCUT2D eigenvalue weighted by Gasteiger charge is -2.28. The minimum absolute atomic E-state index is 0.196. The molecule has 1 saturated heterocycles. The van der Waals surface area contributed by atoms with Crippen molar-refractivity contribution in [3.8, 4) is 0 Å². The monoisotopic (exact) mass is 426 g/mol. The van der Waals surface area contributed by atoms with Gasteiger partial charge in [-0.25, -0.2) is 4.79 Å². The Hall–Kier alpha value is -1.24. The first kappa shape index (κ1) is 24.0. The average molecular weight is 427 g/mol. The maximum absolute atomic E-state index is 12.8. The number of aliphatic carboxylic acids is 1. The zero-order valence-corrected chi connectivity index (χ0v) is 18.8. The van der Waals surface area contributed by atoms with Gasteiger partial charge in [-0.3, -0.25) is 9.59 Å². The number of carbonyl (C=O) groups is 3. The highest BCUT2D eigenvalue weighted by molar-refractivity contribution is 7.99. The standard InChI is InChI=1S/C22H38N2O4S/c1-16(2)10-11-20(25)23-19(22(27)28)15-29-14-18-9-6-12-24(18)21(26)13-17-7-4-3-5-8-17/h16-19H,3-15H2,1-2H3,(H,23,25)(H,27,28)/t18-,19+/m1/s1. The Kier molecular flexibility index (Phi) is 10.3. The van der Waals surface area contributed by atoms with Gasteiger partial charge in [-0.1, -0.05) is 33.1 Å². The molecule has 1 saturated carbocycles. The zero-order chi connectivity index (χ0) is 21.2. The molecule has 7 heteroatoms. The number of thioether (sulfide) groups is 1. The minimum Gasteiger partial charge on any atom is -0.480 e. The number of amides is 2. The van der Waals surface area contributed by atoms with E-state index in [0.717, 1.165) is 31.6 Å².